The molecule has 2 N–H and O–H groups in total. The quantitative estimate of drug-likeness (QED) is 0.898. The van der Waals surface area contributed by atoms with Crippen LogP contribution in [-0.2, 0) is 0 Å². The van der Waals surface area contributed by atoms with E-state index in [0.717, 1.165) is 30.2 Å². The Morgan fingerprint density at radius 3 is 2.82 bits per heavy atom. The summed E-state index contributed by atoms with van der Waals surface area (Å²) in [5.41, 5.74) is 1.79. The molecule has 0 fully saturated rings. The van der Waals surface area contributed by atoms with Gasteiger partial charge in [0, 0.05) is 6.54 Å². The zero-order valence-electron chi connectivity index (χ0n) is 9.39. The summed E-state index contributed by atoms with van der Waals surface area (Å²) in [5.74, 6) is 0.952. The number of anilines is 1. The van der Waals surface area contributed by atoms with E-state index in [0.29, 0.717) is 16.6 Å². The lowest BCUT2D eigenvalue weighted by molar-refractivity contribution is 0.956. The van der Waals surface area contributed by atoms with E-state index in [9.17, 15) is 0 Å². The van der Waals surface area contributed by atoms with E-state index >= 15 is 0 Å². The number of halogens is 3. The molecule has 1 aliphatic heterocycles. The van der Waals surface area contributed by atoms with E-state index in [-0.39, 0.29) is 12.4 Å². The number of nitrogens with zero attached hydrogens (tertiary/aromatic N) is 1. The van der Waals surface area contributed by atoms with Crippen LogP contribution in [0.3, 0.4) is 0 Å². The Balaban J connectivity index is 0.00000144. The van der Waals surface area contributed by atoms with Crippen LogP contribution in [0.5, 0.6) is 0 Å². The molecule has 1 heterocycles. The highest BCUT2D eigenvalue weighted by molar-refractivity contribution is 6.39. The van der Waals surface area contributed by atoms with E-state index in [2.05, 4.69) is 15.6 Å². The number of amidine groups is 1. The summed E-state index contributed by atoms with van der Waals surface area (Å²) in [5, 5.41) is 7.69. The smallest absolute Gasteiger partial charge is 0.116 e. The van der Waals surface area contributed by atoms with Gasteiger partial charge >= 0.3 is 0 Å². The van der Waals surface area contributed by atoms with Gasteiger partial charge in [-0.05, 0) is 18.6 Å². The van der Waals surface area contributed by atoms with E-state index < -0.39 is 0 Å². The number of hydrogen-bond donors (Lipinski definition) is 2. The SMILES string of the molecule is Cc1ccc(Cl)c(NCC2=NCCN2)c1Cl.Cl. The molecule has 17 heavy (non-hydrogen) atoms. The molecule has 1 aliphatic rings. The maximum Gasteiger partial charge on any atom is 0.116 e. The van der Waals surface area contributed by atoms with Gasteiger partial charge in [0.25, 0.3) is 0 Å². The van der Waals surface area contributed by atoms with Crippen molar-refractivity contribution >= 4 is 47.1 Å². The Morgan fingerprint density at radius 2 is 2.18 bits per heavy atom. The van der Waals surface area contributed by atoms with Crippen molar-refractivity contribution in [2.24, 2.45) is 4.99 Å². The standard InChI is InChI=1S/C11H13Cl2N3.ClH/c1-7-2-3-8(12)11(10(7)13)16-6-9-14-4-5-15-9;/h2-3,16H,4-6H2,1H3,(H,14,15);1H. The molecule has 2 rings (SSSR count). The van der Waals surface area contributed by atoms with Crippen molar-refractivity contribution in [1.29, 1.82) is 0 Å². The second-order valence-electron chi connectivity index (χ2n) is 3.66. The van der Waals surface area contributed by atoms with Crippen molar-refractivity contribution in [1.82, 2.24) is 5.32 Å². The van der Waals surface area contributed by atoms with Gasteiger partial charge in [-0.1, -0.05) is 29.3 Å². The van der Waals surface area contributed by atoms with Crippen molar-refractivity contribution in [2.45, 2.75) is 6.92 Å². The molecule has 0 amide bonds. The first-order valence-electron chi connectivity index (χ1n) is 5.14. The minimum Gasteiger partial charge on any atom is -0.375 e. The fourth-order valence-corrected chi connectivity index (χ4v) is 2.06. The maximum absolute atomic E-state index is 6.18. The fraction of sp³-hybridized carbons (Fsp3) is 0.364. The molecular formula is C11H14Cl3N3. The molecule has 0 aliphatic carbocycles. The third kappa shape index (κ3) is 3.41. The average molecular weight is 295 g/mol. The van der Waals surface area contributed by atoms with Crippen molar-refractivity contribution < 1.29 is 0 Å². The van der Waals surface area contributed by atoms with Gasteiger partial charge in [0.05, 0.1) is 28.8 Å². The van der Waals surface area contributed by atoms with Gasteiger partial charge in [0.1, 0.15) is 5.84 Å². The molecular weight excluding hydrogens is 281 g/mol. The second-order valence-corrected chi connectivity index (χ2v) is 4.45. The minimum absolute atomic E-state index is 0. The summed E-state index contributed by atoms with van der Waals surface area (Å²) in [7, 11) is 0. The lowest BCUT2D eigenvalue weighted by atomic mass is 10.2. The summed E-state index contributed by atoms with van der Waals surface area (Å²) in [6.07, 6.45) is 0. The molecule has 0 bridgehead atoms. The van der Waals surface area contributed by atoms with Crippen LogP contribution in [0.25, 0.3) is 0 Å². The van der Waals surface area contributed by atoms with E-state index in [1.54, 1.807) is 0 Å². The predicted octanol–water partition coefficient (Wildman–Crippen LogP) is 3.14. The van der Waals surface area contributed by atoms with Gasteiger partial charge in [-0.3, -0.25) is 4.99 Å². The zero-order valence-corrected chi connectivity index (χ0v) is 11.7. The highest BCUT2D eigenvalue weighted by Gasteiger charge is 2.10. The van der Waals surface area contributed by atoms with Crippen LogP contribution in [0.15, 0.2) is 17.1 Å². The van der Waals surface area contributed by atoms with Crippen LogP contribution in [0, 0.1) is 6.92 Å². The number of hydrogen-bond acceptors (Lipinski definition) is 3. The Hall–Kier alpha value is -0.640. The molecule has 0 unspecified atom stereocenters. The highest BCUT2D eigenvalue weighted by atomic mass is 35.5. The van der Waals surface area contributed by atoms with Gasteiger partial charge < -0.3 is 10.6 Å². The number of aryl methyl sites for hydroxylation is 1. The van der Waals surface area contributed by atoms with Crippen molar-refractivity contribution in [3.8, 4) is 0 Å². The molecule has 0 spiro atoms. The Morgan fingerprint density at radius 1 is 1.41 bits per heavy atom. The predicted molar refractivity (Wildman–Crippen MR) is 77.2 cm³/mol. The van der Waals surface area contributed by atoms with Crippen molar-refractivity contribution in [2.75, 3.05) is 25.0 Å². The van der Waals surface area contributed by atoms with Crippen LogP contribution in [0.2, 0.25) is 10.0 Å². The largest absolute Gasteiger partial charge is 0.375 e. The third-order valence-corrected chi connectivity index (χ3v) is 3.26. The first kappa shape index (κ1) is 14.4. The van der Waals surface area contributed by atoms with Crippen LogP contribution in [0.4, 0.5) is 5.69 Å². The van der Waals surface area contributed by atoms with Gasteiger partial charge in [-0.2, -0.15) is 0 Å². The number of nitrogens with one attached hydrogen (secondary N) is 2. The number of benzene rings is 1. The van der Waals surface area contributed by atoms with Crippen LogP contribution in [0.1, 0.15) is 5.56 Å². The highest BCUT2D eigenvalue weighted by Crippen LogP contribution is 2.32. The fourth-order valence-electron chi connectivity index (χ4n) is 1.56. The Kier molecular flexibility index (Phi) is 5.37. The average Bonchev–Trinajstić information content (AvgIpc) is 2.77. The number of rotatable bonds is 3. The molecule has 0 saturated heterocycles. The molecule has 1 aromatic rings. The van der Waals surface area contributed by atoms with Crippen LogP contribution < -0.4 is 10.6 Å². The first-order valence-corrected chi connectivity index (χ1v) is 5.90. The normalized spacial score (nSPS) is 13.7. The van der Waals surface area contributed by atoms with Gasteiger partial charge in [0.15, 0.2) is 0 Å². The molecule has 0 radical (unpaired) electrons. The van der Waals surface area contributed by atoms with Crippen LogP contribution in [-0.4, -0.2) is 25.5 Å². The zero-order chi connectivity index (χ0) is 11.5. The summed E-state index contributed by atoms with van der Waals surface area (Å²) < 4.78 is 0. The van der Waals surface area contributed by atoms with Crippen molar-refractivity contribution in [3.05, 3.63) is 27.7 Å². The van der Waals surface area contributed by atoms with Crippen LogP contribution >= 0.6 is 35.6 Å². The topological polar surface area (TPSA) is 36.4 Å². The molecule has 0 saturated carbocycles. The van der Waals surface area contributed by atoms with Gasteiger partial charge in [-0.25, -0.2) is 0 Å². The maximum atomic E-state index is 6.18. The summed E-state index contributed by atoms with van der Waals surface area (Å²) in [6, 6.07) is 3.75. The van der Waals surface area contributed by atoms with Gasteiger partial charge in [0.2, 0.25) is 0 Å². The third-order valence-electron chi connectivity index (χ3n) is 2.46. The molecule has 0 aromatic heterocycles. The lowest BCUT2D eigenvalue weighted by Gasteiger charge is -2.12. The number of aliphatic imine (C=N–C) groups is 1. The lowest BCUT2D eigenvalue weighted by Crippen LogP contribution is -2.26. The van der Waals surface area contributed by atoms with E-state index in [1.807, 2.05) is 19.1 Å². The summed E-state index contributed by atoms with van der Waals surface area (Å²) in [6.45, 7) is 4.33. The molecule has 0 atom stereocenters. The first-order chi connectivity index (χ1) is 7.68. The van der Waals surface area contributed by atoms with Crippen molar-refractivity contribution in [3.63, 3.8) is 0 Å². The molecule has 3 nitrogen and oxygen atoms in total. The molecule has 94 valence electrons. The Labute approximate surface area is 117 Å². The molecule has 6 heteroatoms. The van der Waals surface area contributed by atoms with Gasteiger partial charge in [-0.15, -0.1) is 12.4 Å². The van der Waals surface area contributed by atoms with E-state index in [4.69, 9.17) is 23.2 Å². The monoisotopic (exact) mass is 293 g/mol. The van der Waals surface area contributed by atoms with E-state index in [1.165, 1.54) is 0 Å². The summed E-state index contributed by atoms with van der Waals surface area (Å²) >= 11 is 12.3. The second kappa shape index (κ2) is 6.34. The Bertz CT molecular complexity index is 432. The summed E-state index contributed by atoms with van der Waals surface area (Å²) in [4.78, 5) is 4.29. The minimum atomic E-state index is 0. The molecule has 1 aromatic carbocycles.